The lowest BCUT2D eigenvalue weighted by Gasteiger charge is -2.25. The molecule has 2 atom stereocenters. The average Bonchev–Trinajstić information content (AvgIpc) is 2.19. The van der Waals surface area contributed by atoms with Crippen molar-refractivity contribution in [3.8, 4) is 0 Å². The van der Waals surface area contributed by atoms with Crippen molar-refractivity contribution in [3.63, 3.8) is 0 Å². The third-order valence-corrected chi connectivity index (χ3v) is 4.99. The van der Waals surface area contributed by atoms with Gasteiger partial charge in [-0.05, 0) is 18.3 Å². The maximum absolute atomic E-state index is 11.0. The van der Waals surface area contributed by atoms with Crippen molar-refractivity contribution in [2.24, 2.45) is 17.6 Å². The van der Waals surface area contributed by atoms with Crippen LogP contribution in [-0.4, -0.2) is 18.3 Å². The summed E-state index contributed by atoms with van der Waals surface area (Å²) in [6.45, 7) is 1.82. The van der Waals surface area contributed by atoms with Crippen LogP contribution in [0.1, 0.15) is 58.3 Å². The molecule has 0 bridgehead atoms. The van der Waals surface area contributed by atoms with Crippen LogP contribution in [-0.2, 0) is 10.1 Å². The number of rotatable bonds is 4. The van der Waals surface area contributed by atoms with E-state index >= 15 is 0 Å². The summed E-state index contributed by atoms with van der Waals surface area (Å²) in [7, 11) is -4.09. The Labute approximate surface area is 105 Å². The van der Waals surface area contributed by atoms with Gasteiger partial charge in [0.15, 0.2) is 0 Å². The van der Waals surface area contributed by atoms with E-state index in [9.17, 15) is 8.42 Å². The van der Waals surface area contributed by atoms with E-state index in [4.69, 9.17) is 10.3 Å². The fourth-order valence-corrected chi connectivity index (χ4v) is 3.43. The predicted molar refractivity (Wildman–Crippen MR) is 69.1 cm³/mol. The minimum absolute atomic E-state index is 0.172. The van der Waals surface area contributed by atoms with Gasteiger partial charge in [-0.1, -0.05) is 51.9 Å². The second kappa shape index (κ2) is 6.71. The molecule has 0 aliphatic heterocycles. The van der Waals surface area contributed by atoms with Crippen LogP contribution in [0.5, 0.6) is 0 Å². The Hall–Kier alpha value is -0.130. The van der Waals surface area contributed by atoms with Crippen LogP contribution in [0.3, 0.4) is 0 Å². The molecule has 1 fully saturated rings. The van der Waals surface area contributed by atoms with Gasteiger partial charge in [-0.25, -0.2) is 0 Å². The highest BCUT2D eigenvalue weighted by atomic mass is 32.2. The summed E-state index contributed by atoms with van der Waals surface area (Å²) in [5.74, 6) is 0.396. The number of hydrogen-bond acceptors (Lipinski definition) is 3. The monoisotopic (exact) mass is 263 g/mol. The summed E-state index contributed by atoms with van der Waals surface area (Å²) in [5, 5.41) is -1.13. The molecule has 102 valence electrons. The summed E-state index contributed by atoms with van der Waals surface area (Å²) >= 11 is 0. The normalized spacial score (nSPS) is 23.7. The van der Waals surface area contributed by atoms with Gasteiger partial charge in [0.05, 0.1) is 0 Å². The Morgan fingerprint density at radius 3 is 2.12 bits per heavy atom. The zero-order valence-electron chi connectivity index (χ0n) is 10.6. The van der Waals surface area contributed by atoms with Crippen molar-refractivity contribution in [3.05, 3.63) is 0 Å². The fourth-order valence-electron chi connectivity index (χ4n) is 2.73. The zero-order chi connectivity index (χ0) is 12.9. The summed E-state index contributed by atoms with van der Waals surface area (Å²) in [6.07, 6.45) is 9.51. The highest BCUT2D eigenvalue weighted by molar-refractivity contribution is 7.86. The second-order valence-corrected chi connectivity index (χ2v) is 6.98. The first-order valence-corrected chi connectivity index (χ1v) is 8.13. The SMILES string of the molecule is CC(CC1CCCCCCC1)C(N)S(=O)(=O)O. The molecule has 5 heteroatoms. The molecule has 0 aromatic heterocycles. The molecule has 1 rings (SSSR count). The molecule has 2 unspecified atom stereocenters. The van der Waals surface area contributed by atoms with Crippen molar-refractivity contribution in [2.75, 3.05) is 0 Å². The summed E-state index contributed by atoms with van der Waals surface area (Å²) in [6, 6.07) is 0. The second-order valence-electron chi connectivity index (χ2n) is 5.40. The lowest BCUT2D eigenvalue weighted by molar-refractivity contribution is 0.302. The number of nitrogens with two attached hydrogens (primary N) is 1. The van der Waals surface area contributed by atoms with Crippen molar-refractivity contribution in [1.82, 2.24) is 0 Å². The Bertz CT molecular complexity index is 308. The standard InChI is InChI=1S/C12H25NO3S/c1-10(12(13)17(14,15)16)9-11-7-5-3-2-4-6-8-11/h10-12H,2-9,13H2,1H3,(H,14,15,16). The zero-order valence-corrected chi connectivity index (χ0v) is 11.5. The average molecular weight is 263 g/mol. The molecule has 1 aliphatic carbocycles. The van der Waals surface area contributed by atoms with Gasteiger partial charge in [0.25, 0.3) is 10.1 Å². The van der Waals surface area contributed by atoms with Crippen molar-refractivity contribution < 1.29 is 13.0 Å². The van der Waals surface area contributed by atoms with Crippen molar-refractivity contribution in [2.45, 2.75) is 63.7 Å². The quantitative estimate of drug-likeness (QED) is 0.764. The predicted octanol–water partition coefficient (Wildman–Crippen LogP) is 2.55. The van der Waals surface area contributed by atoms with Crippen LogP contribution < -0.4 is 5.73 Å². The van der Waals surface area contributed by atoms with E-state index in [2.05, 4.69) is 0 Å². The first-order chi connectivity index (χ1) is 7.91. The first kappa shape index (κ1) is 14.9. The van der Waals surface area contributed by atoms with Crippen LogP contribution in [0.25, 0.3) is 0 Å². The Morgan fingerprint density at radius 1 is 1.18 bits per heavy atom. The van der Waals surface area contributed by atoms with Crippen molar-refractivity contribution >= 4 is 10.1 Å². The van der Waals surface area contributed by atoms with Gasteiger partial charge in [-0.2, -0.15) is 8.42 Å². The van der Waals surface area contributed by atoms with E-state index in [1.165, 1.54) is 44.9 Å². The minimum Gasteiger partial charge on any atom is -0.313 e. The third kappa shape index (κ3) is 5.36. The maximum Gasteiger partial charge on any atom is 0.281 e. The summed E-state index contributed by atoms with van der Waals surface area (Å²) in [4.78, 5) is 0. The van der Waals surface area contributed by atoms with Gasteiger partial charge < -0.3 is 5.73 Å². The largest absolute Gasteiger partial charge is 0.313 e. The minimum atomic E-state index is -4.09. The van der Waals surface area contributed by atoms with Gasteiger partial charge >= 0.3 is 0 Å². The lowest BCUT2D eigenvalue weighted by atomic mass is 9.85. The molecule has 0 amide bonds. The molecule has 0 radical (unpaired) electrons. The van der Waals surface area contributed by atoms with Gasteiger partial charge in [-0.3, -0.25) is 4.55 Å². The first-order valence-electron chi connectivity index (χ1n) is 6.63. The molecular formula is C12H25NO3S. The van der Waals surface area contributed by atoms with Crippen LogP contribution in [0.4, 0.5) is 0 Å². The van der Waals surface area contributed by atoms with E-state index in [0.717, 1.165) is 6.42 Å². The van der Waals surface area contributed by atoms with E-state index in [1.54, 1.807) is 0 Å². The van der Waals surface area contributed by atoms with Gasteiger partial charge in [-0.15, -0.1) is 0 Å². The molecule has 1 saturated carbocycles. The topological polar surface area (TPSA) is 80.4 Å². The van der Waals surface area contributed by atoms with Crippen LogP contribution in [0.15, 0.2) is 0 Å². The molecule has 0 spiro atoms. The van der Waals surface area contributed by atoms with Crippen LogP contribution >= 0.6 is 0 Å². The van der Waals surface area contributed by atoms with Crippen LogP contribution in [0.2, 0.25) is 0 Å². The molecule has 0 heterocycles. The summed E-state index contributed by atoms with van der Waals surface area (Å²) in [5.41, 5.74) is 5.54. The molecule has 17 heavy (non-hydrogen) atoms. The smallest absolute Gasteiger partial charge is 0.281 e. The highest BCUT2D eigenvalue weighted by Gasteiger charge is 2.27. The molecular weight excluding hydrogens is 238 g/mol. The van der Waals surface area contributed by atoms with E-state index in [-0.39, 0.29) is 5.92 Å². The van der Waals surface area contributed by atoms with E-state index in [0.29, 0.717) is 5.92 Å². The Balaban J connectivity index is 2.45. The molecule has 0 aromatic rings. The third-order valence-electron chi connectivity index (χ3n) is 3.83. The van der Waals surface area contributed by atoms with E-state index < -0.39 is 15.5 Å². The van der Waals surface area contributed by atoms with E-state index in [1.807, 2.05) is 6.92 Å². The van der Waals surface area contributed by atoms with Gasteiger partial charge in [0, 0.05) is 0 Å². The van der Waals surface area contributed by atoms with Crippen molar-refractivity contribution in [1.29, 1.82) is 0 Å². The molecule has 1 aliphatic rings. The molecule has 3 N–H and O–H groups in total. The Morgan fingerprint density at radius 2 is 1.65 bits per heavy atom. The fraction of sp³-hybridized carbons (Fsp3) is 1.00. The maximum atomic E-state index is 11.0. The number of hydrogen-bond donors (Lipinski definition) is 2. The van der Waals surface area contributed by atoms with Gasteiger partial charge in [0.1, 0.15) is 5.37 Å². The van der Waals surface area contributed by atoms with Gasteiger partial charge in [0.2, 0.25) is 0 Å². The Kier molecular flexibility index (Phi) is 5.89. The molecule has 4 nitrogen and oxygen atoms in total. The lowest BCUT2D eigenvalue weighted by Crippen LogP contribution is -2.37. The summed E-state index contributed by atoms with van der Waals surface area (Å²) < 4.78 is 30.9. The van der Waals surface area contributed by atoms with Crippen LogP contribution in [0, 0.1) is 11.8 Å². The molecule has 0 aromatic carbocycles. The highest BCUT2D eigenvalue weighted by Crippen LogP contribution is 2.28. The molecule has 0 saturated heterocycles.